The Hall–Kier alpha value is -2.85. The number of hydrogen-bond acceptors (Lipinski definition) is 7. The zero-order valence-corrected chi connectivity index (χ0v) is 15.9. The van der Waals surface area contributed by atoms with E-state index in [1.54, 1.807) is 13.0 Å². The molecule has 0 aliphatic carbocycles. The van der Waals surface area contributed by atoms with Crippen molar-refractivity contribution in [2.75, 3.05) is 32.2 Å². The number of benzene rings is 1. The summed E-state index contributed by atoms with van der Waals surface area (Å²) in [5.74, 6) is -1.16. The SMILES string of the molecule is COCCOc1ccc(S(=O)(=O)Nc2cc(C)cnc2OC)cc1C(=O)O. The number of nitrogens with zero attached hydrogens (tertiary/aromatic N) is 1. The standard InChI is InChI=1S/C17H20N2O7S/c1-11-8-14(16(25-3)18-10-11)19-27(22,23)12-4-5-15(26-7-6-24-2)13(9-12)17(20)21/h4-5,8-10,19H,6-7H2,1-3H3,(H,20,21). The number of aromatic carboxylic acids is 1. The molecule has 2 N–H and O–H groups in total. The number of pyridine rings is 1. The molecule has 0 spiro atoms. The van der Waals surface area contributed by atoms with E-state index in [4.69, 9.17) is 14.2 Å². The number of aromatic nitrogens is 1. The van der Waals surface area contributed by atoms with Crippen LogP contribution in [0.1, 0.15) is 15.9 Å². The van der Waals surface area contributed by atoms with Gasteiger partial charge in [0, 0.05) is 13.3 Å². The molecule has 0 unspecified atom stereocenters. The van der Waals surface area contributed by atoms with E-state index in [-0.39, 0.29) is 41.0 Å². The van der Waals surface area contributed by atoms with Crippen LogP contribution in [0.4, 0.5) is 5.69 Å². The molecule has 146 valence electrons. The lowest BCUT2D eigenvalue weighted by Crippen LogP contribution is -2.16. The fraction of sp³-hybridized carbons (Fsp3) is 0.294. The van der Waals surface area contributed by atoms with Crippen molar-refractivity contribution < 1.29 is 32.5 Å². The zero-order valence-electron chi connectivity index (χ0n) is 15.1. The molecule has 2 rings (SSSR count). The molecule has 1 aromatic carbocycles. The third-order valence-corrected chi connectivity index (χ3v) is 4.83. The highest BCUT2D eigenvalue weighted by molar-refractivity contribution is 7.92. The van der Waals surface area contributed by atoms with E-state index in [2.05, 4.69) is 9.71 Å². The van der Waals surface area contributed by atoms with Crippen molar-refractivity contribution in [3.8, 4) is 11.6 Å². The Balaban J connectivity index is 2.37. The van der Waals surface area contributed by atoms with E-state index in [0.717, 1.165) is 11.6 Å². The van der Waals surface area contributed by atoms with Crippen molar-refractivity contribution in [1.29, 1.82) is 0 Å². The largest absolute Gasteiger partial charge is 0.490 e. The Labute approximate surface area is 157 Å². The minimum atomic E-state index is -4.07. The highest BCUT2D eigenvalue weighted by atomic mass is 32.2. The molecule has 0 atom stereocenters. The summed E-state index contributed by atoms with van der Waals surface area (Å²) in [6.45, 7) is 2.15. The van der Waals surface area contributed by atoms with Crippen LogP contribution in [0.15, 0.2) is 35.4 Å². The summed E-state index contributed by atoms with van der Waals surface area (Å²) >= 11 is 0. The molecule has 0 aliphatic rings. The van der Waals surface area contributed by atoms with Crippen molar-refractivity contribution in [3.63, 3.8) is 0 Å². The van der Waals surface area contributed by atoms with Gasteiger partial charge in [0.05, 0.1) is 18.6 Å². The number of ether oxygens (including phenoxy) is 3. The number of anilines is 1. The number of nitrogens with one attached hydrogen (secondary N) is 1. The lowest BCUT2D eigenvalue weighted by molar-refractivity contribution is 0.0689. The first-order valence-electron chi connectivity index (χ1n) is 7.81. The quantitative estimate of drug-likeness (QED) is 0.616. The fourth-order valence-electron chi connectivity index (χ4n) is 2.20. The predicted molar refractivity (Wildman–Crippen MR) is 97.1 cm³/mol. The minimum absolute atomic E-state index is 0.0494. The number of sulfonamides is 1. The van der Waals surface area contributed by atoms with Crippen LogP contribution in [-0.4, -0.2) is 51.9 Å². The summed E-state index contributed by atoms with van der Waals surface area (Å²) in [6.07, 6.45) is 1.53. The third kappa shape index (κ3) is 5.08. The number of rotatable bonds is 9. The molecule has 0 saturated carbocycles. The maximum absolute atomic E-state index is 12.7. The Morgan fingerprint density at radius 2 is 1.96 bits per heavy atom. The minimum Gasteiger partial charge on any atom is -0.490 e. The van der Waals surface area contributed by atoms with Crippen LogP contribution in [0, 0.1) is 6.92 Å². The monoisotopic (exact) mass is 396 g/mol. The molecule has 27 heavy (non-hydrogen) atoms. The van der Waals surface area contributed by atoms with E-state index < -0.39 is 16.0 Å². The van der Waals surface area contributed by atoms with Gasteiger partial charge in [-0.15, -0.1) is 0 Å². The van der Waals surface area contributed by atoms with Crippen LogP contribution >= 0.6 is 0 Å². The molecule has 2 aromatic rings. The summed E-state index contributed by atoms with van der Waals surface area (Å²) < 4.78 is 42.9. The average Bonchev–Trinajstić information content (AvgIpc) is 2.61. The summed E-state index contributed by atoms with van der Waals surface area (Å²) in [6, 6.07) is 5.14. The van der Waals surface area contributed by atoms with E-state index in [1.165, 1.54) is 32.5 Å². The summed E-state index contributed by atoms with van der Waals surface area (Å²) in [4.78, 5) is 15.2. The normalized spacial score (nSPS) is 11.1. The maximum Gasteiger partial charge on any atom is 0.339 e. The van der Waals surface area contributed by atoms with Gasteiger partial charge < -0.3 is 19.3 Å². The van der Waals surface area contributed by atoms with Crippen molar-refractivity contribution in [3.05, 3.63) is 41.6 Å². The average molecular weight is 396 g/mol. The van der Waals surface area contributed by atoms with E-state index in [9.17, 15) is 18.3 Å². The fourth-order valence-corrected chi connectivity index (χ4v) is 3.27. The van der Waals surface area contributed by atoms with Gasteiger partial charge in [0.1, 0.15) is 23.6 Å². The van der Waals surface area contributed by atoms with Gasteiger partial charge in [0.15, 0.2) is 0 Å². The predicted octanol–water partition coefficient (Wildman–Crippen LogP) is 1.92. The van der Waals surface area contributed by atoms with Crippen molar-refractivity contribution >= 4 is 21.7 Å². The molecule has 9 nitrogen and oxygen atoms in total. The van der Waals surface area contributed by atoms with Crippen LogP contribution < -0.4 is 14.2 Å². The molecule has 0 radical (unpaired) electrons. The first kappa shape index (κ1) is 20.5. The van der Waals surface area contributed by atoms with Crippen molar-refractivity contribution in [2.24, 2.45) is 0 Å². The number of carbonyl (C=O) groups is 1. The molecule has 1 heterocycles. The van der Waals surface area contributed by atoms with Crippen LogP contribution in [0.2, 0.25) is 0 Å². The van der Waals surface area contributed by atoms with Gasteiger partial charge in [-0.2, -0.15) is 0 Å². The number of aryl methyl sites for hydroxylation is 1. The van der Waals surface area contributed by atoms with Crippen LogP contribution in [0.5, 0.6) is 11.6 Å². The van der Waals surface area contributed by atoms with Gasteiger partial charge >= 0.3 is 5.97 Å². The number of hydrogen-bond donors (Lipinski definition) is 2. The molecule has 0 amide bonds. The Morgan fingerprint density at radius 3 is 2.59 bits per heavy atom. The first-order valence-corrected chi connectivity index (χ1v) is 9.29. The second-order valence-corrected chi connectivity index (χ2v) is 7.16. The molecule has 0 saturated heterocycles. The smallest absolute Gasteiger partial charge is 0.339 e. The van der Waals surface area contributed by atoms with Crippen LogP contribution in [0.3, 0.4) is 0 Å². The van der Waals surface area contributed by atoms with Gasteiger partial charge in [-0.25, -0.2) is 18.2 Å². The van der Waals surface area contributed by atoms with E-state index in [0.29, 0.717) is 0 Å². The highest BCUT2D eigenvalue weighted by Crippen LogP contribution is 2.28. The van der Waals surface area contributed by atoms with Crippen LogP contribution in [0.25, 0.3) is 0 Å². The zero-order chi connectivity index (χ0) is 20.0. The second-order valence-electron chi connectivity index (χ2n) is 5.48. The molecular formula is C17H20N2O7S. The van der Waals surface area contributed by atoms with E-state index in [1.807, 2.05) is 0 Å². The lowest BCUT2D eigenvalue weighted by Gasteiger charge is -2.13. The van der Waals surface area contributed by atoms with Crippen molar-refractivity contribution in [1.82, 2.24) is 4.98 Å². The van der Waals surface area contributed by atoms with Gasteiger partial charge in [-0.1, -0.05) is 0 Å². The van der Waals surface area contributed by atoms with E-state index >= 15 is 0 Å². The molecular weight excluding hydrogens is 376 g/mol. The Bertz CT molecular complexity index is 929. The summed E-state index contributed by atoms with van der Waals surface area (Å²) in [5.41, 5.74) is 0.597. The number of carboxylic acids is 1. The molecule has 0 aliphatic heterocycles. The molecule has 1 aromatic heterocycles. The molecule has 0 bridgehead atoms. The second kappa shape index (κ2) is 8.69. The molecule has 0 fully saturated rings. The Kier molecular flexibility index (Phi) is 6.59. The van der Waals surface area contributed by atoms with Gasteiger partial charge in [0.25, 0.3) is 10.0 Å². The van der Waals surface area contributed by atoms with Gasteiger partial charge in [-0.3, -0.25) is 4.72 Å². The lowest BCUT2D eigenvalue weighted by atomic mass is 10.2. The summed E-state index contributed by atoms with van der Waals surface area (Å²) in [5, 5.41) is 9.36. The molecule has 10 heteroatoms. The van der Waals surface area contributed by atoms with Gasteiger partial charge in [0.2, 0.25) is 5.88 Å². The number of methoxy groups -OCH3 is 2. The Morgan fingerprint density at radius 1 is 1.22 bits per heavy atom. The maximum atomic E-state index is 12.7. The topological polar surface area (TPSA) is 124 Å². The van der Waals surface area contributed by atoms with Gasteiger partial charge in [-0.05, 0) is 36.8 Å². The summed E-state index contributed by atoms with van der Waals surface area (Å²) in [7, 11) is -1.23. The number of carboxylic acid groups (broad SMARTS) is 1. The third-order valence-electron chi connectivity index (χ3n) is 3.46. The van der Waals surface area contributed by atoms with Crippen LogP contribution in [-0.2, 0) is 14.8 Å². The van der Waals surface area contributed by atoms with Crippen molar-refractivity contribution in [2.45, 2.75) is 11.8 Å². The first-order chi connectivity index (χ1) is 12.8. The highest BCUT2D eigenvalue weighted by Gasteiger charge is 2.21.